The van der Waals surface area contributed by atoms with Gasteiger partial charge in [-0.25, -0.2) is 4.98 Å². The second kappa shape index (κ2) is 4.56. The number of para-hydroxylation sites is 1. The Morgan fingerprint density at radius 2 is 2.18 bits per heavy atom. The van der Waals surface area contributed by atoms with Crippen molar-refractivity contribution in [3.8, 4) is 0 Å². The zero-order chi connectivity index (χ0) is 12.3. The van der Waals surface area contributed by atoms with E-state index in [-0.39, 0.29) is 12.2 Å². The van der Waals surface area contributed by atoms with Crippen molar-refractivity contribution in [2.24, 2.45) is 0 Å². The maximum Gasteiger partial charge on any atom is 0.274 e. The van der Waals surface area contributed by atoms with Gasteiger partial charge in [0.1, 0.15) is 5.69 Å². The predicted octanol–water partition coefficient (Wildman–Crippen LogP) is 1.65. The van der Waals surface area contributed by atoms with Crippen LogP contribution < -0.4 is 0 Å². The minimum Gasteiger partial charge on any atom is -0.324 e. The lowest BCUT2D eigenvalue weighted by Gasteiger charge is -2.05. The van der Waals surface area contributed by atoms with Crippen LogP contribution in [0.3, 0.4) is 0 Å². The summed E-state index contributed by atoms with van der Waals surface area (Å²) in [6.07, 6.45) is 3.56. The fraction of sp³-hybridized carbons (Fsp3) is 0.0909. The number of benzene rings is 1. The molecular weight excluding hydrogens is 222 g/mol. The first-order valence-electron chi connectivity index (χ1n) is 4.90. The molecule has 0 aliphatic rings. The Balaban J connectivity index is 2.36. The first-order chi connectivity index (χ1) is 8.22. The zero-order valence-electron chi connectivity index (χ0n) is 8.81. The highest BCUT2D eigenvalue weighted by atomic mass is 16.6. The van der Waals surface area contributed by atoms with Crippen LogP contribution in [0, 0.1) is 10.1 Å². The Bertz CT molecular complexity index is 563. The number of nitro benzene ring substituents is 1. The molecule has 1 aromatic heterocycles. The van der Waals surface area contributed by atoms with E-state index in [0.717, 1.165) is 0 Å². The van der Waals surface area contributed by atoms with Gasteiger partial charge in [0, 0.05) is 11.6 Å². The lowest BCUT2D eigenvalue weighted by molar-refractivity contribution is -0.385. The molecule has 0 bridgehead atoms. The van der Waals surface area contributed by atoms with Gasteiger partial charge in [0.2, 0.25) is 0 Å². The van der Waals surface area contributed by atoms with Gasteiger partial charge in [0.25, 0.3) is 5.69 Å². The Kier molecular flexibility index (Phi) is 2.95. The number of nitro groups is 1. The fourth-order valence-electron chi connectivity index (χ4n) is 1.57. The van der Waals surface area contributed by atoms with Crippen molar-refractivity contribution in [1.29, 1.82) is 0 Å². The van der Waals surface area contributed by atoms with Crippen LogP contribution in [0.25, 0.3) is 0 Å². The normalized spacial score (nSPS) is 10.1. The molecule has 2 aromatic rings. The van der Waals surface area contributed by atoms with Crippen LogP contribution in [-0.4, -0.2) is 20.8 Å². The first-order valence-corrected chi connectivity index (χ1v) is 4.90. The first kappa shape index (κ1) is 11.0. The van der Waals surface area contributed by atoms with Gasteiger partial charge in [-0.05, 0) is 0 Å². The van der Waals surface area contributed by atoms with Gasteiger partial charge in [-0.2, -0.15) is 0 Å². The highest BCUT2D eigenvalue weighted by Gasteiger charge is 2.13. The highest BCUT2D eigenvalue weighted by Crippen LogP contribution is 2.19. The highest BCUT2D eigenvalue weighted by molar-refractivity contribution is 5.71. The summed E-state index contributed by atoms with van der Waals surface area (Å²) < 4.78 is 1.56. The molecule has 1 heterocycles. The van der Waals surface area contributed by atoms with Crippen molar-refractivity contribution in [2.45, 2.75) is 6.54 Å². The van der Waals surface area contributed by atoms with E-state index in [1.165, 1.54) is 18.6 Å². The molecule has 0 N–H and O–H groups in total. The molecule has 1 aromatic carbocycles. The lowest BCUT2D eigenvalue weighted by atomic mass is 10.2. The average molecular weight is 231 g/mol. The fourth-order valence-corrected chi connectivity index (χ4v) is 1.57. The Morgan fingerprint density at radius 3 is 2.88 bits per heavy atom. The predicted molar refractivity (Wildman–Crippen MR) is 59.8 cm³/mol. The summed E-state index contributed by atoms with van der Waals surface area (Å²) in [6.45, 7) is 0.255. The number of aromatic nitrogens is 2. The van der Waals surface area contributed by atoms with Crippen LogP contribution in [0.4, 0.5) is 5.69 Å². The lowest BCUT2D eigenvalue weighted by Crippen LogP contribution is -2.04. The van der Waals surface area contributed by atoms with Gasteiger partial charge in [-0.1, -0.05) is 18.2 Å². The summed E-state index contributed by atoms with van der Waals surface area (Å²) in [5.74, 6) is 0. The molecule has 0 aliphatic heterocycles. The van der Waals surface area contributed by atoms with E-state index < -0.39 is 4.92 Å². The van der Waals surface area contributed by atoms with Crippen molar-refractivity contribution in [1.82, 2.24) is 9.55 Å². The van der Waals surface area contributed by atoms with E-state index in [4.69, 9.17) is 0 Å². The van der Waals surface area contributed by atoms with E-state index in [2.05, 4.69) is 4.98 Å². The zero-order valence-corrected chi connectivity index (χ0v) is 8.81. The quantitative estimate of drug-likeness (QED) is 0.455. The van der Waals surface area contributed by atoms with E-state index >= 15 is 0 Å². The number of nitrogens with zero attached hydrogens (tertiary/aromatic N) is 3. The van der Waals surface area contributed by atoms with Gasteiger partial charge in [0.05, 0.1) is 24.0 Å². The largest absolute Gasteiger partial charge is 0.324 e. The van der Waals surface area contributed by atoms with Gasteiger partial charge >= 0.3 is 0 Å². The standard InChI is InChI=1S/C11H9N3O3/c15-7-10-5-12-8-13(10)6-9-3-1-2-4-11(9)14(16)17/h1-5,7-8H,6H2. The van der Waals surface area contributed by atoms with Crippen LogP contribution >= 0.6 is 0 Å². The molecule has 86 valence electrons. The molecule has 2 rings (SSSR count). The molecule has 6 heteroatoms. The molecular formula is C11H9N3O3. The van der Waals surface area contributed by atoms with E-state index in [1.807, 2.05) is 0 Å². The van der Waals surface area contributed by atoms with Crippen molar-refractivity contribution < 1.29 is 9.72 Å². The topological polar surface area (TPSA) is 78.0 Å². The van der Waals surface area contributed by atoms with Crippen molar-refractivity contribution in [3.05, 3.63) is 58.2 Å². The SMILES string of the molecule is O=Cc1cncn1Cc1ccccc1[N+](=O)[O-]. The van der Waals surface area contributed by atoms with Crippen molar-refractivity contribution in [3.63, 3.8) is 0 Å². The van der Waals surface area contributed by atoms with Crippen LogP contribution in [0.15, 0.2) is 36.8 Å². The van der Waals surface area contributed by atoms with Crippen LogP contribution in [0.5, 0.6) is 0 Å². The summed E-state index contributed by atoms with van der Waals surface area (Å²) in [4.78, 5) is 24.9. The molecule has 0 radical (unpaired) electrons. The Labute approximate surface area is 96.7 Å². The molecule has 0 aliphatic carbocycles. The van der Waals surface area contributed by atoms with E-state index in [0.29, 0.717) is 17.5 Å². The average Bonchev–Trinajstić information content (AvgIpc) is 2.77. The molecule has 17 heavy (non-hydrogen) atoms. The molecule has 6 nitrogen and oxygen atoms in total. The number of rotatable bonds is 4. The molecule has 0 fully saturated rings. The number of aldehydes is 1. The molecule has 0 amide bonds. The number of carbonyl (C=O) groups is 1. The van der Waals surface area contributed by atoms with Crippen molar-refractivity contribution in [2.75, 3.05) is 0 Å². The number of hydrogen-bond acceptors (Lipinski definition) is 4. The number of hydrogen-bond donors (Lipinski definition) is 0. The maximum atomic E-state index is 10.8. The van der Waals surface area contributed by atoms with Gasteiger partial charge in [-0.15, -0.1) is 0 Å². The van der Waals surface area contributed by atoms with E-state index in [9.17, 15) is 14.9 Å². The van der Waals surface area contributed by atoms with Crippen LogP contribution in [-0.2, 0) is 6.54 Å². The van der Waals surface area contributed by atoms with Gasteiger partial charge in [-0.3, -0.25) is 14.9 Å². The smallest absolute Gasteiger partial charge is 0.274 e. The van der Waals surface area contributed by atoms with Gasteiger partial charge in [0.15, 0.2) is 6.29 Å². The van der Waals surface area contributed by atoms with Crippen molar-refractivity contribution >= 4 is 12.0 Å². The monoisotopic (exact) mass is 231 g/mol. The maximum absolute atomic E-state index is 10.8. The summed E-state index contributed by atoms with van der Waals surface area (Å²) in [7, 11) is 0. The molecule has 0 unspecified atom stereocenters. The van der Waals surface area contributed by atoms with Crippen LogP contribution in [0.1, 0.15) is 16.1 Å². The molecule has 0 saturated carbocycles. The molecule has 0 spiro atoms. The summed E-state index contributed by atoms with van der Waals surface area (Å²) in [5, 5.41) is 10.8. The van der Waals surface area contributed by atoms with Gasteiger partial charge < -0.3 is 4.57 Å². The number of carbonyl (C=O) groups excluding carboxylic acids is 1. The third-order valence-electron chi connectivity index (χ3n) is 2.39. The summed E-state index contributed by atoms with van der Waals surface area (Å²) >= 11 is 0. The second-order valence-corrected chi connectivity index (χ2v) is 3.45. The second-order valence-electron chi connectivity index (χ2n) is 3.45. The summed E-state index contributed by atoms with van der Waals surface area (Å²) in [5.41, 5.74) is 0.972. The molecule has 0 saturated heterocycles. The van der Waals surface area contributed by atoms with E-state index in [1.54, 1.807) is 22.8 Å². The molecule has 0 atom stereocenters. The third-order valence-corrected chi connectivity index (χ3v) is 2.39. The van der Waals surface area contributed by atoms with Crippen LogP contribution in [0.2, 0.25) is 0 Å². The minimum absolute atomic E-state index is 0.0399. The summed E-state index contributed by atoms with van der Waals surface area (Å²) in [6, 6.07) is 6.43. The Morgan fingerprint density at radius 1 is 1.41 bits per heavy atom. The minimum atomic E-state index is -0.438. The Hall–Kier alpha value is -2.50. The third kappa shape index (κ3) is 2.20. The number of imidazole rings is 1.